The van der Waals surface area contributed by atoms with Crippen molar-refractivity contribution in [1.82, 2.24) is 0 Å². The molecule has 1 fully saturated rings. The van der Waals surface area contributed by atoms with Crippen molar-refractivity contribution >= 4 is 0 Å². The molecule has 104 valence electrons. The van der Waals surface area contributed by atoms with Crippen LogP contribution in [0.4, 0.5) is 0 Å². The van der Waals surface area contributed by atoms with Crippen molar-refractivity contribution in [1.29, 1.82) is 0 Å². The number of hydrogen-bond acceptors (Lipinski definition) is 1. The molecule has 0 bridgehead atoms. The Morgan fingerprint density at radius 1 is 1.11 bits per heavy atom. The lowest BCUT2D eigenvalue weighted by Crippen LogP contribution is -2.32. The molecule has 0 aliphatic heterocycles. The Labute approximate surface area is 117 Å². The summed E-state index contributed by atoms with van der Waals surface area (Å²) < 4.78 is 0. The van der Waals surface area contributed by atoms with E-state index in [-0.39, 0.29) is 0 Å². The van der Waals surface area contributed by atoms with Gasteiger partial charge in [-0.1, -0.05) is 43.5 Å². The van der Waals surface area contributed by atoms with Crippen molar-refractivity contribution < 1.29 is 5.11 Å². The molecule has 1 aromatic rings. The second-order valence-electron chi connectivity index (χ2n) is 6.99. The second kappa shape index (κ2) is 5.28. The van der Waals surface area contributed by atoms with Crippen LogP contribution in [0.1, 0.15) is 68.9 Å². The highest BCUT2D eigenvalue weighted by atomic mass is 16.3. The monoisotopic (exact) mass is 258 g/mol. The van der Waals surface area contributed by atoms with Crippen LogP contribution in [0.25, 0.3) is 0 Å². The van der Waals surface area contributed by atoms with E-state index in [1.165, 1.54) is 49.7 Å². The predicted octanol–water partition coefficient (Wildman–Crippen LogP) is 4.44. The van der Waals surface area contributed by atoms with Gasteiger partial charge in [0.25, 0.3) is 0 Å². The van der Waals surface area contributed by atoms with E-state index in [1.807, 2.05) is 0 Å². The minimum absolute atomic E-state index is 0.472. The maximum absolute atomic E-state index is 10.7. The highest BCUT2D eigenvalue weighted by Crippen LogP contribution is 2.41. The maximum atomic E-state index is 10.7. The molecule has 0 amide bonds. The van der Waals surface area contributed by atoms with Crippen molar-refractivity contribution in [3.05, 3.63) is 35.4 Å². The Morgan fingerprint density at radius 3 is 2.63 bits per heavy atom. The Morgan fingerprint density at radius 2 is 1.89 bits per heavy atom. The molecule has 1 N–H and O–H groups in total. The number of aliphatic hydroxyl groups is 1. The van der Waals surface area contributed by atoms with Gasteiger partial charge in [-0.05, 0) is 62.0 Å². The van der Waals surface area contributed by atoms with Gasteiger partial charge in [-0.15, -0.1) is 0 Å². The topological polar surface area (TPSA) is 20.2 Å². The summed E-state index contributed by atoms with van der Waals surface area (Å²) in [5, 5.41) is 10.7. The molecule has 0 heterocycles. The van der Waals surface area contributed by atoms with Gasteiger partial charge >= 0.3 is 0 Å². The first-order chi connectivity index (χ1) is 9.14. The third kappa shape index (κ3) is 3.02. The first-order valence-electron chi connectivity index (χ1n) is 7.94. The first kappa shape index (κ1) is 13.2. The molecular formula is C18H26O. The van der Waals surface area contributed by atoms with E-state index < -0.39 is 5.60 Å². The Bertz CT molecular complexity index is 431. The summed E-state index contributed by atoms with van der Waals surface area (Å²) in [6, 6.07) is 8.84. The van der Waals surface area contributed by atoms with Crippen LogP contribution in [0, 0.1) is 5.92 Å². The molecule has 2 aliphatic rings. The molecule has 2 atom stereocenters. The quantitative estimate of drug-likeness (QED) is 0.846. The van der Waals surface area contributed by atoms with Gasteiger partial charge in [0.15, 0.2) is 0 Å². The first-order valence-corrected chi connectivity index (χ1v) is 7.94. The van der Waals surface area contributed by atoms with Crippen molar-refractivity contribution in [3.8, 4) is 0 Å². The lowest BCUT2D eigenvalue weighted by molar-refractivity contribution is 0.00509. The maximum Gasteiger partial charge on any atom is 0.0628 e. The summed E-state index contributed by atoms with van der Waals surface area (Å²) in [4.78, 5) is 0. The van der Waals surface area contributed by atoms with Crippen LogP contribution >= 0.6 is 0 Å². The second-order valence-corrected chi connectivity index (χ2v) is 6.99. The molecule has 2 aliphatic carbocycles. The molecule has 0 radical (unpaired) electrons. The zero-order valence-electron chi connectivity index (χ0n) is 12.1. The van der Waals surface area contributed by atoms with E-state index in [2.05, 4.69) is 31.2 Å². The molecule has 3 rings (SSSR count). The standard InChI is InChI=1S/C18H26O/c1-18(19,12-14-6-4-7-14)13-16-10-5-9-15-8-2-3-11-17(15)16/h2-3,8,11,14,16,19H,4-7,9-10,12-13H2,1H3. The molecule has 19 heavy (non-hydrogen) atoms. The molecule has 1 saturated carbocycles. The summed E-state index contributed by atoms with van der Waals surface area (Å²) in [6.07, 6.45) is 9.73. The predicted molar refractivity (Wildman–Crippen MR) is 79.3 cm³/mol. The van der Waals surface area contributed by atoms with Crippen molar-refractivity contribution in [2.24, 2.45) is 5.92 Å². The van der Waals surface area contributed by atoms with Crippen LogP contribution in [0.5, 0.6) is 0 Å². The van der Waals surface area contributed by atoms with Crippen molar-refractivity contribution in [2.75, 3.05) is 0 Å². The van der Waals surface area contributed by atoms with Crippen molar-refractivity contribution in [2.45, 2.75) is 69.8 Å². The van der Waals surface area contributed by atoms with Gasteiger partial charge in [-0.25, -0.2) is 0 Å². The van der Waals surface area contributed by atoms with Crippen LogP contribution in [-0.2, 0) is 6.42 Å². The molecule has 2 unspecified atom stereocenters. The van der Waals surface area contributed by atoms with Gasteiger partial charge in [0.1, 0.15) is 0 Å². The number of rotatable bonds is 4. The summed E-state index contributed by atoms with van der Waals surface area (Å²) in [7, 11) is 0. The van der Waals surface area contributed by atoms with Crippen molar-refractivity contribution in [3.63, 3.8) is 0 Å². The fourth-order valence-corrected chi connectivity index (χ4v) is 4.00. The number of aryl methyl sites for hydroxylation is 1. The Balaban J connectivity index is 1.69. The molecule has 1 heteroatoms. The van der Waals surface area contributed by atoms with Crippen LogP contribution in [0.2, 0.25) is 0 Å². The largest absolute Gasteiger partial charge is 0.390 e. The third-order valence-electron chi connectivity index (χ3n) is 5.13. The van der Waals surface area contributed by atoms with Gasteiger partial charge in [0.2, 0.25) is 0 Å². The summed E-state index contributed by atoms with van der Waals surface area (Å²) in [5.41, 5.74) is 2.54. The molecule has 1 aromatic carbocycles. The smallest absolute Gasteiger partial charge is 0.0628 e. The lowest BCUT2D eigenvalue weighted by atomic mass is 9.72. The minimum atomic E-state index is -0.472. The number of fused-ring (bicyclic) bond motifs is 1. The van der Waals surface area contributed by atoms with Gasteiger partial charge in [-0.2, -0.15) is 0 Å². The van der Waals surface area contributed by atoms with E-state index in [1.54, 1.807) is 0 Å². The highest BCUT2D eigenvalue weighted by Gasteiger charge is 2.33. The summed E-state index contributed by atoms with van der Waals surface area (Å²) in [6.45, 7) is 2.06. The highest BCUT2D eigenvalue weighted by molar-refractivity contribution is 5.32. The Kier molecular flexibility index (Phi) is 3.66. The zero-order chi connectivity index (χ0) is 13.3. The van der Waals surface area contributed by atoms with Gasteiger partial charge in [0.05, 0.1) is 5.60 Å². The molecule has 0 spiro atoms. The normalized spacial score (nSPS) is 26.3. The Hall–Kier alpha value is -0.820. The minimum Gasteiger partial charge on any atom is -0.390 e. The third-order valence-corrected chi connectivity index (χ3v) is 5.13. The van der Waals surface area contributed by atoms with Gasteiger partial charge in [-0.3, -0.25) is 0 Å². The summed E-state index contributed by atoms with van der Waals surface area (Å²) >= 11 is 0. The van der Waals surface area contributed by atoms with Crippen LogP contribution in [0.15, 0.2) is 24.3 Å². The summed E-state index contributed by atoms with van der Waals surface area (Å²) in [5.74, 6) is 1.36. The van der Waals surface area contributed by atoms with Crippen LogP contribution < -0.4 is 0 Å². The zero-order valence-corrected chi connectivity index (χ0v) is 12.1. The fourth-order valence-electron chi connectivity index (χ4n) is 4.00. The molecule has 0 saturated heterocycles. The SMILES string of the molecule is CC(O)(CC1CCC1)CC1CCCc2ccccc21. The number of benzene rings is 1. The van der Waals surface area contributed by atoms with Gasteiger partial charge < -0.3 is 5.11 Å². The molecule has 0 aromatic heterocycles. The van der Waals surface area contributed by atoms with E-state index in [0.717, 1.165) is 18.8 Å². The van der Waals surface area contributed by atoms with E-state index >= 15 is 0 Å². The average molecular weight is 258 g/mol. The van der Waals surface area contributed by atoms with E-state index in [0.29, 0.717) is 5.92 Å². The molecule has 1 nitrogen and oxygen atoms in total. The van der Waals surface area contributed by atoms with E-state index in [9.17, 15) is 5.11 Å². The fraction of sp³-hybridized carbons (Fsp3) is 0.667. The van der Waals surface area contributed by atoms with Gasteiger partial charge in [0, 0.05) is 0 Å². The average Bonchev–Trinajstić information content (AvgIpc) is 2.34. The van der Waals surface area contributed by atoms with E-state index in [4.69, 9.17) is 0 Å². The molecular weight excluding hydrogens is 232 g/mol. The number of hydrogen-bond donors (Lipinski definition) is 1. The van der Waals surface area contributed by atoms with Crippen LogP contribution in [0.3, 0.4) is 0 Å². The lowest BCUT2D eigenvalue weighted by Gasteiger charge is -2.37. The van der Waals surface area contributed by atoms with Crippen LogP contribution in [-0.4, -0.2) is 10.7 Å².